The van der Waals surface area contributed by atoms with Crippen molar-refractivity contribution in [3.8, 4) is 5.75 Å². The quantitative estimate of drug-likeness (QED) is 0.800. The van der Waals surface area contributed by atoms with Gasteiger partial charge >= 0.3 is 0 Å². The molecule has 3 atom stereocenters. The van der Waals surface area contributed by atoms with E-state index in [0.29, 0.717) is 13.2 Å². The average Bonchev–Trinajstić information content (AvgIpc) is 2.84. The van der Waals surface area contributed by atoms with Crippen molar-refractivity contribution in [1.82, 2.24) is 5.32 Å². The Bertz CT molecular complexity index is 396. The van der Waals surface area contributed by atoms with Crippen LogP contribution in [0, 0.1) is 11.8 Å². The predicted octanol–water partition coefficient (Wildman–Crippen LogP) is 3.21. The maximum atomic E-state index is 9.89. The normalized spacial score (nSPS) is 23.8. The van der Waals surface area contributed by atoms with Gasteiger partial charge in [0, 0.05) is 11.0 Å². The van der Waals surface area contributed by atoms with Gasteiger partial charge in [-0.1, -0.05) is 29.3 Å². The van der Waals surface area contributed by atoms with E-state index in [2.05, 4.69) is 28.2 Å². The Balaban J connectivity index is 1.58. The van der Waals surface area contributed by atoms with Crippen molar-refractivity contribution in [1.29, 1.82) is 0 Å². The Morgan fingerprint density at radius 3 is 2.75 bits per heavy atom. The zero-order chi connectivity index (χ0) is 14.4. The van der Waals surface area contributed by atoms with Gasteiger partial charge in [-0.2, -0.15) is 0 Å². The van der Waals surface area contributed by atoms with Gasteiger partial charge in [0.05, 0.1) is 0 Å². The summed E-state index contributed by atoms with van der Waals surface area (Å²) in [6.45, 7) is 4.26. The van der Waals surface area contributed by atoms with Crippen LogP contribution < -0.4 is 10.1 Å². The fraction of sp³-hybridized carbons (Fsp3) is 0.625. The lowest BCUT2D eigenvalue weighted by molar-refractivity contribution is 0.105. The average molecular weight is 342 g/mol. The molecule has 112 valence electrons. The molecule has 0 aliphatic heterocycles. The van der Waals surface area contributed by atoms with E-state index in [4.69, 9.17) is 4.74 Å². The van der Waals surface area contributed by atoms with Gasteiger partial charge < -0.3 is 15.2 Å². The Kier molecular flexibility index (Phi) is 6.33. The van der Waals surface area contributed by atoms with E-state index in [1.165, 1.54) is 19.3 Å². The minimum Gasteiger partial charge on any atom is -0.491 e. The molecule has 4 heteroatoms. The van der Waals surface area contributed by atoms with Crippen LogP contribution in [-0.2, 0) is 0 Å². The molecule has 0 radical (unpaired) electrons. The summed E-state index contributed by atoms with van der Waals surface area (Å²) in [4.78, 5) is 0. The SMILES string of the molecule is CC1CCC(CNCC(O)COc2ccc(Br)cc2)C1. The molecule has 3 nitrogen and oxygen atoms in total. The van der Waals surface area contributed by atoms with E-state index in [-0.39, 0.29) is 0 Å². The summed E-state index contributed by atoms with van der Waals surface area (Å²) in [6, 6.07) is 7.65. The molecule has 0 bridgehead atoms. The Labute approximate surface area is 129 Å². The molecule has 3 unspecified atom stereocenters. The van der Waals surface area contributed by atoms with E-state index < -0.39 is 6.10 Å². The van der Waals surface area contributed by atoms with Crippen molar-refractivity contribution in [2.45, 2.75) is 32.3 Å². The van der Waals surface area contributed by atoms with Crippen molar-refractivity contribution in [3.05, 3.63) is 28.7 Å². The predicted molar refractivity (Wildman–Crippen MR) is 85.0 cm³/mol. The fourth-order valence-electron chi connectivity index (χ4n) is 2.75. The van der Waals surface area contributed by atoms with Crippen molar-refractivity contribution in [2.75, 3.05) is 19.7 Å². The first kappa shape index (κ1) is 15.8. The first-order valence-electron chi connectivity index (χ1n) is 7.40. The van der Waals surface area contributed by atoms with Gasteiger partial charge in [0.2, 0.25) is 0 Å². The fourth-order valence-corrected chi connectivity index (χ4v) is 3.01. The molecular weight excluding hydrogens is 318 g/mol. The molecule has 1 aromatic carbocycles. The van der Waals surface area contributed by atoms with Gasteiger partial charge in [0.15, 0.2) is 0 Å². The highest BCUT2D eigenvalue weighted by molar-refractivity contribution is 9.10. The summed E-state index contributed by atoms with van der Waals surface area (Å²) in [5.74, 6) is 2.44. The number of aliphatic hydroxyl groups excluding tert-OH is 1. The molecule has 0 spiro atoms. The maximum absolute atomic E-state index is 9.89. The van der Waals surface area contributed by atoms with Crippen LogP contribution in [0.4, 0.5) is 0 Å². The monoisotopic (exact) mass is 341 g/mol. The molecule has 1 aliphatic carbocycles. The van der Waals surface area contributed by atoms with Crippen LogP contribution in [-0.4, -0.2) is 30.9 Å². The Hall–Kier alpha value is -0.580. The molecule has 0 aromatic heterocycles. The van der Waals surface area contributed by atoms with Crippen molar-refractivity contribution >= 4 is 15.9 Å². The third-order valence-electron chi connectivity index (χ3n) is 3.87. The molecular formula is C16H24BrNO2. The lowest BCUT2D eigenvalue weighted by Gasteiger charge is -2.15. The van der Waals surface area contributed by atoms with Gasteiger partial charge in [0.25, 0.3) is 0 Å². The first-order chi connectivity index (χ1) is 9.63. The second-order valence-corrected chi connectivity index (χ2v) is 6.78. The summed E-state index contributed by atoms with van der Waals surface area (Å²) < 4.78 is 6.58. The van der Waals surface area contributed by atoms with Gasteiger partial charge in [-0.15, -0.1) is 0 Å². The minimum absolute atomic E-state index is 0.329. The van der Waals surface area contributed by atoms with E-state index in [1.54, 1.807) is 0 Å². The summed E-state index contributed by atoms with van der Waals surface area (Å²) in [6.07, 6.45) is 3.53. The number of halogens is 1. The van der Waals surface area contributed by atoms with Crippen LogP contribution in [0.3, 0.4) is 0 Å². The lowest BCUT2D eigenvalue weighted by atomic mass is 10.1. The maximum Gasteiger partial charge on any atom is 0.119 e. The molecule has 1 aliphatic rings. The standard InChI is InChI=1S/C16H24BrNO2/c1-12-2-3-13(8-12)9-18-10-15(19)11-20-16-6-4-14(17)5-7-16/h4-7,12-13,15,18-19H,2-3,8-11H2,1H3. The highest BCUT2D eigenvalue weighted by Crippen LogP contribution is 2.29. The van der Waals surface area contributed by atoms with Crippen molar-refractivity contribution < 1.29 is 9.84 Å². The van der Waals surface area contributed by atoms with E-state index in [9.17, 15) is 5.11 Å². The number of hydrogen-bond donors (Lipinski definition) is 2. The number of nitrogens with one attached hydrogen (secondary N) is 1. The van der Waals surface area contributed by atoms with E-state index in [1.807, 2.05) is 24.3 Å². The van der Waals surface area contributed by atoms with E-state index in [0.717, 1.165) is 28.6 Å². The molecule has 0 heterocycles. The summed E-state index contributed by atoms with van der Waals surface area (Å²) in [5, 5.41) is 13.2. The van der Waals surface area contributed by atoms with Gasteiger partial charge in [-0.3, -0.25) is 0 Å². The van der Waals surface area contributed by atoms with Crippen LogP contribution in [0.2, 0.25) is 0 Å². The number of hydrogen-bond acceptors (Lipinski definition) is 3. The summed E-state index contributed by atoms with van der Waals surface area (Å²) in [7, 11) is 0. The second-order valence-electron chi connectivity index (χ2n) is 5.86. The molecule has 20 heavy (non-hydrogen) atoms. The topological polar surface area (TPSA) is 41.5 Å². The van der Waals surface area contributed by atoms with Crippen LogP contribution in [0.1, 0.15) is 26.2 Å². The highest BCUT2D eigenvalue weighted by Gasteiger charge is 2.20. The van der Waals surface area contributed by atoms with Crippen LogP contribution in [0.25, 0.3) is 0 Å². The Morgan fingerprint density at radius 2 is 2.10 bits per heavy atom. The zero-order valence-electron chi connectivity index (χ0n) is 12.0. The third kappa shape index (κ3) is 5.43. The molecule has 1 aromatic rings. The number of aliphatic hydroxyl groups is 1. The molecule has 1 fully saturated rings. The van der Waals surface area contributed by atoms with Crippen molar-refractivity contribution in [3.63, 3.8) is 0 Å². The number of ether oxygens (including phenoxy) is 1. The van der Waals surface area contributed by atoms with Crippen LogP contribution in [0.5, 0.6) is 5.75 Å². The lowest BCUT2D eigenvalue weighted by Crippen LogP contribution is -2.33. The molecule has 2 rings (SSSR count). The molecule has 2 N–H and O–H groups in total. The minimum atomic E-state index is -0.461. The zero-order valence-corrected chi connectivity index (χ0v) is 13.6. The van der Waals surface area contributed by atoms with Gasteiger partial charge in [0.1, 0.15) is 18.5 Å². The highest BCUT2D eigenvalue weighted by atomic mass is 79.9. The first-order valence-corrected chi connectivity index (χ1v) is 8.20. The summed E-state index contributed by atoms with van der Waals surface area (Å²) >= 11 is 3.38. The van der Waals surface area contributed by atoms with Crippen LogP contribution >= 0.6 is 15.9 Å². The second kappa shape index (κ2) is 8.01. The number of rotatable bonds is 7. The largest absolute Gasteiger partial charge is 0.491 e. The molecule has 0 saturated heterocycles. The third-order valence-corrected chi connectivity index (χ3v) is 4.40. The van der Waals surface area contributed by atoms with Crippen molar-refractivity contribution in [2.24, 2.45) is 11.8 Å². The molecule has 0 amide bonds. The summed E-state index contributed by atoms with van der Waals surface area (Å²) in [5.41, 5.74) is 0. The number of benzene rings is 1. The van der Waals surface area contributed by atoms with Gasteiger partial charge in [-0.25, -0.2) is 0 Å². The Morgan fingerprint density at radius 1 is 1.35 bits per heavy atom. The van der Waals surface area contributed by atoms with Gasteiger partial charge in [-0.05, 0) is 55.5 Å². The van der Waals surface area contributed by atoms with Crippen LogP contribution in [0.15, 0.2) is 28.7 Å². The molecule has 1 saturated carbocycles. The smallest absolute Gasteiger partial charge is 0.119 e. The van der Waals surface area contributed by atoms with E-state index >= 15 is 0 Å².